The summed E-state index contributed by atoms with van der Waals surface area (Å²) in [5.74, 6) is 0. The maximum atomic E-state index is 3.49. The topological polar surface area (TPSA) is 18.5 Å². The Balaban J connectivity index is 1.82. The molecule has 2 saturated heterocycles. The number of rotatable bonds is 2. The second-order valence-electron chi connectivity index (χ2n) is 5.67. The summed E-state index contributed by atoms with van der Waals surface area (Å²) in [6, 6.07) is 0. The van der Waals surface area contributed by atoms with Gasteiger partial charge in [-0.15, -0.1) is 0 Å². The van der Waals surface area contributed by atoms with Crippen LogP contribution in [0.25, 0.3) is 0 Å². The number of likely N-dealkylation sites (N-methyl/N-ethyl adjacent to an activating group) is 1. The van der Waals surface area contributed by atoms with Crippen LogP contribution < -0.4 is 5.32 Å². The van der Waals surface area contributed by atoms with Crippen molar-refractivity contribution in [3.8, 4) is 0 Å². The van der Waals surface area contributed by atoms with Gasteiger partial charge < -0.3 is 15.1 Å². The third-order valence-electron chi connectivity index (χ3n) is 3.87. The molecule has 0 aromatic carbocycles. The van der Waals surface area contributed by atoms with Gasteiger partial charge in [0.25, 0.3) is 0 Å². The first kappa shape index (κ1) is 11.4. The van der Waals surface area contributed by atoms with Crippen LogP contribution in [-0.4, -0.2) is 62.7 Å². The Kier molecular flexibility index (Phi) is 3.65. The molecule has 2 aliphatic rings. The monoisotopic (exact) mass is 211 g/mol. The Morgan fingerprint density at radius 3 is 2.80 bits per heavy atom. The lowest BCUT2D eigenvalue weighted by Gasteiger charge is -2.31. The Labute approximate surface area is 93.8 Å². The quantitative estimate of drug-likeness (QED) is 0.722. The molecule has 2 heterocycles. The molecule has 0 amide bonds. The van der Waals surface area contributed by atoms with Gasteiger partial charge in [0.2, 0.25) is 0 Å². The van der Waals surface area contributed by atoms with Gasteiger partial charge in [-0.2, -0.15) is 0 Å². The molecule has 0 aromatic rings. The molecular weight excluding hydrogens is 186 g/mol. The van der Waals surface area contributed by atoms with Crippen molar-refractivity contribution in [2.75, 3.05) is 52.9 Å². The van der Waals surface area contributed by atoms with Crippen molar-refractivity contribution in [2.45, 2.75) is 19.8 Å². The minimum absolute atomic E-state index is 0.531. The Bertz CT molecular complexity index is 199. The number of hydrogen-bond donors (Lipinski definition) is 1. The van der Waals surface area contributed by atoms with Crippen molar-refractivity contribution < 1.29 is 0 Å². The summed E-state index contributed by atoms with van der Waals surface area (Å²) in [4.78, 5) is 5.12. The van der Waals surface area contributed by atoms with Crippen molar-refractivity contribution >= 4 is 0 Å². The zero-order chi connectivity index (χ0) is 10.7. The van der Waals surface area contributed by atoms with E-state index in [0.717, 1.165) is 0 Å². The van der Waals surface area contributed by atoms with E-state index >= 15 is 0 Å². The van der Waals surface area contributed by atoms with E-state index in [1.54, 1.807) is 0 Å². The molecule has 0 aliphatic carbocycles. The van der Waals surface area contributed by atoms with Gasteiger partial charge in [-0.25, -0.2) is 0 Å². The largest absolute Gasteiger partial charge is 0.316 e. The first-order valence-corrected chi connectivity index (χ1v) is 6.30. The van der Waals surface area contributed by atoms with Gasteiger partial charge in [0.1, 0.15) is 0 Å². The zero-order valence-electron chi connectivity index (χ0n) is 10.3. The van der Waals surface area contributed by atoms with Gasteiger partial charge in [0.15, 0.2) is 0 Å². The maximum Gasteiger partial charge on any atom is 0.0109 e. The van der Waals surface area contributed by atoms with Gasteiger partial charge in [-0.1, -0.05) is 6.92 Å². The van der Waals surface area contributed by atoms with Gasteiger partial charge in [-0.05, 0) is 44.9 Å². The van der Waals surface area contributed by atoms with Crippen molar-refractivity contribution in [3.63, 3.8) is 0 Å². The average molecular weight is 211 g/mol. The molecule has 88 valence electrons. The predicted molar refractivity (Wildman–Crippen MR) is 64.1 cm³/mol. The summed E-state index contributed by atoms with van der Waals surface area (Å²) in [6.07, 6.45) is 2.68. The first-order chi connectivity index (χ1) is 7.18. The lowest BCUT2D eigenvalue weighted by Crippen LogP contribution is -2.39. The summed E-state index contributed by atoms with van der Waals surface area (Å²) in [6.45, 7) is 11.2. The van der Waals surface area contributed by atoms with Crippen molar-refractivity contribution in [1.29, 1.82) is 0 Å². The summed E-state index contributed by atoms with van der Waals surface area (Å²) in [5, 5.41) is 3.49. The zero-order valence-corrected chi connectivity index (χ0v) is 10.3. The fourth-order valence-corrected chi connectivity index (χ4v) is 2.80. The molecule has 15 heavy (non-hydrogen) atoms. The Hall–Kier alpha value is -0.120. The van der Waals surface area contributed by atoms with E-state index in [4.69, 9.17) is 0 Å². The van der Waals surface area contributed by atoms with Crippen LogP contribution in [0, 0.1) is 5.41 Å². The van der Waals surface area contributed by atoms with Crippen LogP contribution in [0.4, 0.5) is 0 Å². The van der Waals surface area contributed by atoms with E-state index in [0.29, 0.717) is 5.41 Å². The van der Waals surface area contributed by atoms with Gasteiger partial charge >= 0.3 is 0 Å². The molecule has 3 nitrogen and oxygen atoms in total. The fraction of sp³-hybridized carbons (Fsp3) is 1.00. The highest BCUT2D eigenvalue weighted by atomic mass is 15.2. The normalized spacial score (nSPS) is 35.6. The van der Waals surface area contributed by atoms with Gasteiger partial charge in [0, 0.05) is 26.2 Å². The number of nitrogens with zero attached hydrogens (tertiary/aromatic N) is 2. The van der Waals surface area contributed by atoms with E-state index < -0.39 is 0 Å². The second kappa shape index (κ2) is 4.81. The highest BCUT2D eigenvalue weighted by Gasteiger charge is 2.30. The summed E-state index contributed by atoms with van der Waals surface area (Å²) in [7, 11) is 2.24. The van der Waals surface area contributed by atoms with Crippen molar-refractivity contribution in [2.24, 2.45) is 5.41 Å². The van der Waals surface area contributed by atoms with Crippen molar-refractivity contribution in [3.05, 3.63) is 0 Å². The van der Waals surface area contributed by atoms with Crippen LogP contribution in [0.5, 0.6) is 0 Å². The van der Waals surface area contributed by atoms with Crippen molar-refractivity contribution in [1.82, 2.24) is 15.1 Å². The molecule has 2 aliphatic heterocycles. The lowest BCUT2D eigenvalue weighted by molar-refractivity contribution is 0.182. The van der Waals surface area contributed by atoms with E-state index in [2.05, 4.69) is 29.1 Å². The molecule has 3 heteroatoms. The molecular formula is C12H25N3. The minimum atomic E-state index is 0.531. The van der Waals surface area contributed by atoms with Crippen LogP contribution in [0.15, 0.2) is 0 Å². The van der Waals surface area contributed by atoms with E-state index in [9.17, 15) is 0 Å². The molecule has 2 rings (SSSR count). The van der Waals surface area contributed by atoms with Crippen LogP contribution in [0.1, 0.15) is 19.8 Å². The molecule has 0 radical (unpaired) electrons. The fourth-order valence-electron chi connectivity index (χ4n) is 2.80. The second-order valence-corrected chi connectivity index (χ2v) is 5.67. The molecule has 0 bridgehead atoms. The number of hydrogen-bond acceptors (Lipinski definition) is 3. The van der Waals surface area contributed by atoms with E-state index in [1.807, 2.05) is 0 Å². The first-order valence-electron chi connectivity index (χ1n) is 6.30. The summed E-state index contributed by atoms with van der Waals surface area (Å²) < 4.78 is 0. The SMILES string of the molecule is CN1CCCN(CC2(C)CCNC2)CC1. The third-order valence-corrected chi connectivity index (χ3v) is 3.87. The Morgan fingerprint density at radius 1 is 1.20 bits per heavy atom. The molecule has 1 atom stereocenters. The predicted octanol–water partition coefficient (Wildman–Crippen LogP) is 0.623. The van der Waals surface area contributed by atoms with E-state index in [-0.39, 0.29) is 0 Å². The molecule has 0 aromatic heterocycles. The lowest BCUT2D eigenvalue weighted by atomic mass is 9.89. The molecule has 2 fully saturated rings. The highest BCUT2D eigenvalue weighted by molar-refractivity contribution is 4.87. The van der Waals surface area contributed by atoms with Crippen LogP contribution in [0.2, 0.25) is 0 Å². The van der Waals surface area contributed by atoms with Crippen LogP contribution >= 0.6 is 0 Å². The summed E-state index contributed by atoms with van der Waals surface area (Å²) in [5.41, 5.74) is 0.531. The maximum absolute atomic E-state index is 3.49. The van der Waals surface area contributed by atoms with Crippen LogP contribution in [0.3, 0.4) is 0 Å². The standard InChI is InChI=1S/C12H25N3/c1-12(4-5-13-10-12)11-15-7-3-6-14(2)8-9-15/h13H,3-11H2,1-2H3. The number of nitrogens with one attached hydrogen (secondary N) is 1. The molecule has 1 N–H and O–H groups in total. The molecule has 1 unspecified atom stereocenters. The van der Waals surface area contributed by atoms with E-state index in [1.165, 1.54) is 58.7 Å². The smallest absolute Gasteiger partial charge is 0.0109 e. The average Bonchev–Trinajstić information content (AvgIpc) is 2.51. The van der Waals surface area contributed by atoms with Crippen LogP contribution in [-0.2, 0) is 0 Å². The summed E-state index contributed by atoms with van der Waals surface area (Å²) >= 11 is 0. The van der Waals surface area contributed by atoms with Gasteiger partial charge in [0.05, 0.1) is 0 Å². The minimum Gasteiger partial charge on any atom is -0.316 e. The Morgan fingerprint density at radius 2 is 2.07 bits per heavy atom. The third kappa shape index (κ3) is 3.16. The molecule has 0 spiro atoms. The highest BCUT2D eigenvalue weighted by Crippen LogP contribution is 2.25. The van der Waals surface area contributed by atoms with Gasteiger partial charge in [-0.3, -0.25) is 0 Å². The molecule has 0 saturated carbocycles.